The fourth-order valence-electron chi connectivity index (χ4n) is 4.64. The molecule has 0 spiro atoms. The first-order chi connectivity index (χ1) is 16.5. The number of rotatable bonds is 9. The van der Waals surface area contributed by atoms with Gasteiger partial charge in [0, 0.05) is 18.8 Å². The van der Waals surface area contributed by atoms with E-state index < -0.39 is 0 Å². The molecular formula is C26H34N4O2S2. The molecule has 2 aliphatic rings. The maximum absolute atomic E-state index is 13.5. The quantitative estimate of drug-likeness (QED) is 0.263. The van der Waals surface area contributed by atoms with Gasteiger partial charge in [-0.15, -0.1) is 0 Å². The molecule has 2 aromatic heterocycles. The number of carbonyl (C=O) groups is 1. The van der Waals surface area contributed by atoms with E-state index in [1.807, 2.05) is 19.1 Å². The third-order valence-corrected chi connectivity index (χ3v) is 7.96. The number of anilines is 1. The minimum atomic E-state index is -0.170. The van der Waals surface area contributed by atoms with E-state index >= 15 is 0 Å². The highest BCUT2D eigenvalue weighted by atomic mass is 32.2. The smallest absolute Gasteiger partial charge is 0.267 e. The van der Waals surface area contributed by atoms with Crippen molar-refractivity contribution in [3.63, 3.8) is 0 Å². The number of nitrogens with one attached hydrogen (secondary N) is 1. The van der Waals surface area contributed by atoms with Crippen molar-refractivity contribution in [1.82, 2.24) is 14.3 Å². The number of fused-ring (bicyclic) bond motifs is 1. The predicted molar refractivity (Wildman–Crippen MR) is 145 cm³/mol. The van der Waals surface area contributed by atoms with Gasteiger partial charge in [-0.1, -0.05) is 81.9 Å². The Morgan fingerprint density at radius 1 is 1.15 bits per heavy atom. The van der Waals surface area contributed by atoms with Gasteiger partial charge in [-0.2, -0.15) is 0 Å². The van der Waals surface area contributed by atoms with E-state index in [-0.39, 0.29) is 11.5 Å². The molecule has 1 saturated heterocycles. The van der Waals surface area contributed by atoms with Crippen molar-refractivity contribution in [3.8, 4) is 0 Å². The van der Waals surface area contributed by atoms with Crippen molar-refractivity contribution >= 4 is 51.7 Å². The zero-order valence-corrected chi connectivity index (χ0v) is 21.8. The van der Waals surface area contributed by atoms with Crippen molar-refractivity contribution < 1.29 is 4.79 Å². The molecule has 2 aromatic rings. The van der Waals surface area contributed by atoms with Crippen LogP contribution in [0.15, 0.2) is 28.0 Å². The standard InChI is InChI=1S/C26H34N4O2S2/c1-3-4-5-6-10-15-29-25(32)21(34-26(29)33)16-20-23(27-19-11-8-7-9-12-19)28-22-14-13-18(2)17-30(22)24(20)31/h13-14,16-17,19,27H,3-12,15H2,1-2H3/b21-16+. The van der Waals surface area contributed by atoms with Crippen molar-refractivity contribution in [2.45, 2.75) is 84.1 Å². The van der Waals surface area contributed by atoms with Gasteiger partial charge in [0.15, 0.2) is 0 Å². The minimum absolute atomic E-state index is 0.108. The summed E-state index contributed by atoms with van der Waals surface area (Å²) in [6.07, 6.45) is 14.8. The minimum Gasteiger partial charge on any atom is -0.367 e. The highest BCUT2D eigenvalue weighted by Gasteiger charge is 2.32. The molecule has 0 aromatic carbocycles. The lowest BCUT2D eigenvalue weighted by Gasteiger charge is -2.24. The Balaban J connectivity index is 1.64. The summed E-state index contributed by atoms with van der Waals surface area (Å²) in [5, 5.41) is 3.53. The van der Waals surface area contributed by atoms with Gasteiger partial charge in [0.1, 0.15) is 15.8 Å². The number of hydrogen-bond donors (Lipinski definition) is 1. The molecule has 1 N–H and O–H groups in total. The highest BCUT2D eigenvalue weighted by Crippen LogP contribution is 2.33. The number of aryl methyl sites for hydroxylation is 1. The Morgan fingerprint density at radius 3 is 2.68 bits per heavy atom. The van der Waals surface area contributed by atoms with Gasteiger partial charge in [-0.25, -0.2) is 4.98 Å². The summed E-state index contributed by atoms with van der Waals surface area (Å²) in [7, 11) is 0. The molecule has 34 heavy (non-hydrogen) atoms. The molecule has 0 atom stereocenters. The molecule has 3 heterocycles. The van der Waals surface area contributed by atoms with Gasteiger partial charge in [-0.3, -0.25) is 18.9 Å². The Labute approximate surface area is 211 Å². The summed E-state index contributed by atoms with van der Waals surface area (Å²) in [5.41, 5.74) is 1.84. The molecule has 2 fully saturated rings. The van der Waals surface area contributed by atoms with E-state index in [0.29, 0.717) is 38.8 Å². The average molecular weight is 499 g/mol. The number of aromatic nitrogens is 2. The zero-order chi connectivity index (χ0) is 24.1. The maximum Gasteiger partial charge on any atom is 0.267 e. The number of carbonyl (C=O) groups excluding carboxylic acids is 1. The first-order valence-electron chi connectivity index (χ1n) is 12.5. The lowest BCUT2D eigenvalue weighted by molar-refractivity contribution is -0.122. The number of hydrogen-bond acceptors (Lipinski definition) is 6. The largest absolute Gasteiger partial charge is 0.367 e. The lowest BCUT2D eigenvalue weighted by Crippen LogP contribution is -2.29. The van der Waals surface area contributed by atoms with Crippen LogP contribution >= 0.6 is 24.0 Å². The van der Waals surface area contributed by atoms with Gasteiger partial charge in [0.2, 0.25) is 0 Å². The summed E-state index contributed by atoms with van der Waals surface area (Å²) in [6.45, 7) is 4.77. The molecule has 8 heteroatoms. The van der Waals surface area contributed by atoms with Crippen LogP contribution in [-0.4, -0.2) is 37.1 Å². The Morgan fingerprint density at radius 2 is 1.91 bits per heavy atom. The van der Waals surface area contributed by atoms with Crippen LogP contribution in [0.1, 0.15) is 82.3 Å². The van der Waals surface area contributed by atoms with Crippen LogP contribution in [0, 0.1) is 6.92 Å². The average Bonchev–Trinajstić information content (AvgIpc) is 3.10. The van der Waals surface area contributed by atoms with Crippen molar-refractivity contribution in [2.75, 3.05) is 11.9 Å². The predicted octanol–water partition coefficient (Wildman–Crippen LogP) is 5.92. The topological polar surface area (TPSA) is 66.7 Å². The molecule has 1 saturated carbocycles. The number of unbranched alkanes of at least 4 members (excludes halogenated alkanes) is 4. The van der Waals surface area contributed by atoms with Gasteiger partial charge >= 0.3 is 0 Å². The van der Waals surface area contributed by atoms with Gasteiger partial charge < -0.3 is 5.32 Å². The monoisotopic (exact) mass is 498 g/mol. The third kappa shape index (κ3) is 5.71. The maximum atomic E-state index is 13.5. The van der Waals surface area contributed by atoms with E-state index in [1.165, 1.54) is 50.3 Å². The summed E-state index contributed by atoms with van der Waals surface area (Å²) in [5.74, 6) is 0.452. The van der Waals surface area contributed by atoms with Gasteiger partial charge in [0.25, 0.3) is 11.5 Å². The van der Waals surface area contributed by atoms with E-state index in [9.17, 15) is 9.59 Å². The van der Waals surface area contributed by atoms with Crippen LogP contribution in [0.4, 0.5) is 5.82 Å². The Hall–Kier alpha value is -2.19. The SMILES string of the molecule is CCCCCCCN1C(=O)/C(=C\c2c(NC3CCCCC3)nc3ccc(C)cn3c2=O)SC1=S. The molecule has 4 rings (SSSR count). The molecule has 1 aliphatic heterocycles. The van der Waals surface area contributed by atoms with Gasteiger partial charge in [-0.05, 0) is 43.9 Å². The summed E-state index contributed by atoms with van der Waals surface area (Å²) >= 11 is 6.80. The van der Waals surface area contributed by atoms with Gasteiger partial charge in [0.05, 0.1) is 10.5 Å². The number of thiocarbonyl (C=S) groups is 1. The first-order valence-corrected chi connectivity index (χ1v) is 13.8. The highest BCUT2D eigenvalue weighted by molar-refractivity contribution is 8.26. The van der Waals surface area contributed by atoms with E-state index in [2.05, 4.69) is 12.2 Å². The molecule has 6 nitrogen and oxygen atoms in total. The molecule has 1 amide bonds. The Kier molecular flexibility index (Phi) is 8.42. The lowest BCUT2D eigenvalue weighted by atomic mass is 9.95. The second-order valence-corrected chi connectivity index (χ2v) is 11.0. The molecule has 0 unspecified atom stereocenters. The van der Waals surface area contributed by atoms with Crippen molar-refractivity contribution in [2.24, 2.45) is 0 Å². The van der Waals surface area contributed by atoms with Crippen LogP contribution in [0.3, 0.4) is 0 Å². The number of nitrogens with zero attached hydrogens (tertiary/aromatic N) is 3. The zero-order valence-electron chi connectivity index (χ0n) is 20.1. The third-order valence-electron chi connectivity index (χ3n) is 6.59. The number of thioether (sulfide) groups is 1. The van der Waals surface area contributed by atoms with E-state index in [0.717, 1.165) is 31.2 Å². The molecule has 182 valence electrons. The molecule has 0 radical (unpaired) electrons. The van der Waals surface area contributed by atoms with Crippen LogP contribution in [0.25, 0.3) is 11.7 Å². The second kappa shape index (κ2) is 11.5. The van der Waals surface area contributed by atoms with Crippen molar-refractivity contribution in [1.29, 1.82) is 0 Å². The first kappa shape index (κ1) is 24.9. The Bertz CT molecular complexity index is 1150. The number of pyridine rings is 1. The van der Waals surface area contributed by atoms with Crippen LogP contribution < -0.4 is 10.9 Å². The van der Waals surface area contributed by atoms with E-state index in [4.69, 9.17) is 17.2 Å². The second-order valence-electron chi connectivity index (χ2n) is 9.34. The van der Waals surface area contributed by atoms with Crippen LogP contribution in [0.2, 0.25) is 0 Å². The molecular weight excluding hydrogens is 464 g/mol. The van der Waals surface area contributed by atoms with Crippen LogP contribution in [-0.2, 0) is 4.79 Å². The number of amides is 1. The van der Waals surface area contributed by atoms with E-state index in [1.54, 1.807) is 21.6 Å². The molecule has 1 aliphatic carbocycles. The van der Waals surface area contributed by atoms with Crippen LogP contribution in [0.5, 0.6) is 0 Å². The fraction of sp³-hybridized carbons (Fsp3) is 0.538. The fourth-order valence-corrected chi connectivity index (χ4v) is 5.93. The summed E-state index contributed by atoms with van der Waals surface area (Å²) in [6, 6.07) is 4.11. The summed E-state index contributed by atoms with van der Waals surface area (Å²) in [4.78, 5) is 33.7. The molecule has 0 bridgehead atoms. The summed E-state index contributed by atoms with van der Waals surface area (Å²) < 4.78 is 2.14. The normalized spacial score (nSPS) is 18.4. The van der Waals surface area contributed by atoms with Crippen molar-refractivity contribution in [3.05, 3.63) is 44.7 Å².